The Morgan fingerprint density at radius 2 is 1.03 bits per heavy atom. The van der Waals surface area contributed by atoms with Crippen LogP contribution in [0.25, 0.3) is 0 Å². The van der Waals surface area contributed by atoms with Gasteiger partial charge in [0, 0.05) is 3.57 Å². The molecule has 0 amide bonds. The van der Waals surface area contributed by atoms with Gasteiger partial charge in [-0.15, -0.1) is 0 Å². The van der Waals surface area contributed by atoms with Crippen molar-refractivity contribution in [2.45, 2.75) is 0 Å². The van der Waals surface area contributed by atoms with Crippen molar-refractivity contribution >= 4 is 33.1 Å². The highest BCUT2D eigenvalue weighted by atomic mass is 127. The number of halogens is 1. The fourth-order valence-electron chi connectivity index (χ4n) is 1.84. The normalized spacial score (nSPS) is 8.73. The molecular weight excluding hydrogens is 499 g/mol. The molecule has 0 radical (unpaired) electrons. The highest BCUT2D eigenvalue weighted by Crippen LogP contribution is 2.06. The summed E-state index contributed by atoms with van der Waals surface area (Å²) in [6.07, 6.45) is 0. The zero-order chi connectivity index (χ0) is 22.4. The molecule has 0 atom stereocenters. The largest absolute Gasteiger partial charge is 0.478 e. The molecule has 0 fully saturated rings. The van der Waals surface area contributed by atoms with E-state index in [1.807, 2.05) is 42.5 Å². The van der Waals surface area contributed by atoms with Crippen LogP contribution in [0.15, 0.2) is 78.9 Å². The van der Waals surface area contributed by atoms with Crippen LogP contribution in [0.3, 0.4) is 0 Å². The SMILES string of the molecule is N#Cc1ccc(C(=O)O)cc1.N#Cc1ccc(C(=O)O)cc1.O=Ic1ccccc1. The fourth-order valence-corrected chi connectivity index (χ4v) is 2.55. The molecule has 0 aliphatic carbocycles. The monoisotopic (exact) mass is 514 g/mol. The standard InChI is InChI=1S/2C8H5NO2.C6H5IO/c2*9-5-6-1-3-7(4-2-6)8(10)11;8-7-6-4-2-1-3-5-6/h2*1-4H,(H,10,11);1-5H. The third-order valence-electron chi connectivity index (χ3n) is 3.34. The summed E-state index contributed by atoms with van der Waals surface area (Å²) in [6, 6.07) is 24.8. The highest BCUT2D eigenvalue weighted by molar-refractivity contribution is 14.1. The van der Waals surface area contributed by atoms with Crippen LogP contribution >= 0.6 is 21.2 Å². The summed E-state index contributed by atoms with van der Waals surface area (Å²) in [4.78, 5) is 20.6. The Morgan fingerprint density at radius 1 is 0.667 bits per heavy atom. The van der Waals surface area contributed by atoms with Crippen LogP contribution in [-0.4, -0.2) is 22.2 Å². The number of carboxylic acid groups (broad SMARTS) is 2. The van der Waals surface area contributed by atoms with E-state index >= 15 is 0 Å². The van der Waals surface area contributed by atoms with Gasteiger partial charge in [0.25, 0.3) is 0 Å². The molecule has 0 saturated heterocycles. The first-order valence-electron chi connectivity index (χ1n) is 8.20. The van der Waals surface area contributed by atoms with Crippen LogP contribution in [0.1, 0.15) is 31.8 Å². The van der Waals surface area contributed by atoms with E-state index in [0.29, 0.717) is 11.1 Å². The van der Waals surface area contributed by atoms with E-state index in [2.05, 4.69) is 0 Å². The average Bonchev–Trinajstić information content (AvgIpc) is 2.80. The lowest BCUT2D eigenvalue weighted by atomic mass is 10.1. The van der Waals surface area contributed by atoms with Crippen molar-refractivity contribution in [3.8, 4) is 12.1 Å². The molecule has 3 aromatic carbocycles. The predicted molar refractivity (Wildman–Crippen MR) is 116 cm³/mol. The van der Waals surface area contributed by atoms with E-state index in [4.69, 9.17) is 20.7 Å². The molecule has 150 valence electrons. The topological polar surface area (TPSA) is 139 Å². The zero-order valence-electron chi connectivity index (χ0n) is 15.4. The van der Waals surface area contributed by atoms with Gasteiger partial charge in [-0.1, -0.05) is 18.2 Å². The number of nitrogens with zero attached hydrogens (tertiary/aromatic N) is 2. The number of rotatable bonds is 3. The van der Waals surface area contributed by atoms with Crippen molar-refractivity contribution in [2.75, 3.05) is 0 Å². The van der Waals surface area contributed by atoms with Gasteiger partial charge in [0.15, 0.2) is 21.2 Å². The second kappa shape index (κ2) is 13.3. The maximum absolute atomic E-state index is 10.3. The third kappa shape index (κ3) is 8.87. The Morgan fingerprint density at radius 3 is 1.27 bits per heavy atom. The maximum Gasteiger partial charge on any atom is 0.335 e. The molecule has 0 aliphatic rings. The van der Waals surface area contributed by atoms with Crippen LogP contribution in [-0.2, 0) is 3.07 Å². The molecule has 0 saturated carbocycles. The van der Waals surface area contributed by atoms with Gasteiger partial charge in [0.1, 0.15) is 0 Å². The summed E-state index contributed by atoms with van der Waals surface area (Å²) in [5.74, 6) is -1.95. The number of carbonyl (C=O) groups is 2. The number of benzene rings is 3. The lowest BCUT2D eigenvalue weighted by Crippen LogP contribution is -1.94. The van der Waals surface area contributed by atoms with E-state index < -0.39 is 33.1 Å². The Balaban J connectivity index is 0.000000228. The van der Waals surface area contributed by atoms with Gasteiger partial charge in [-0.2, -0.15) is 10.5 Å². The zero-order valence-corrected chi connectivity index (χ0v) is 17.6. The summed E-state index contributed by atoms with van der Waals surface area (Å²) in [7, 11) is 0. The molecule has 8 heteroatoms. The molecule has 2 N–H and O–H groups in total. The second-order valence-corrected chi connectivity index (χ2v) is 7.05. The minimum atomic E-state index is -0.977. The fraction of sp³-hybridized carbons (Fsp3) is 0. The van der Waals surface area contributed by atoms with Crippen LogP contribution in [0, 0.1) is 26.2 Å². The van der Waals surface area contributed by atoms with E-state index in [-0.39, 0.29) is 11.1 Å². The van der Waals surface area contributed by atoms with Gasteiger partial charge in [-0.25, -0.2) is 9.59 Å². The number of hydrogen-bond donors (Lipinski definition) is 2. The van der Waals surface area contributed by atoms with E-state index in [1.54, 1.807) is 0 Å². The van der Waals surface area contributed by atoms with Crippen molar-refractivity contribution in [1.29, 1.82) is 10.5 Å². The van der Waals surface area contributed by atoms with Crippen molar-refractivity contribution in [1.82, 2.24) is 0 Å². The molecule has 7 nitrogen and oxygen atoms in total. The van der Waals surface area contributed by atoms with Gasteiger partial charge in [0.05, 0.1) is 34.4 Å². The number of nitriles is 2. The Bertz CT molecular complexity index is 1000. The molecule has 3 aromatic rings. The minimum absolute atomic E-state index is 0.198. The maximum atomic E-state index is 10.3. The summed E-state index contributed by atoms with van der Waals surface area (Å²) in [5.41, 5.74) is 1.33. The molecular formula is C22H15IN2O5. The Labute approximate surface area is 183 Å². The molecule has 3 rings (SSSR count). The first kappa shape index (κ1) is 24.1. The number of aromatic carboxylic acids is 2. The number of carboxylic acids is 2. The van der Waals surface area contributed by atoms with Gasteiger partial charge in [-0.05, 0) is 60.7 Å². The Hall–Kier alpha value is -3.89. The van der Waals surface area contributed by atoms with Crippen molar-refractivity contribution in [3.63, 3.8) is 0 Å². The summed E-state index contributed by atoms with van der Waals surface area (Å²) in [5, 5.41) is 33.7. The van der Waals surface area contributed by atoms with Gasteiger partial charge in [-0.3, -0.25) is 3.07 Å². The van der Waals surface area contributed by atoms with Gasteiger partial charge < -0.3 is 10.2 Å². The second-order valence-electron chi connectivity index (χ2n) is 5.36. The van der Waals surface area contributed by atoms with Gasteiger partial charge >= 0.3 is 11.9 Å². The molecule has 0 bridgehead atoms. The van der Waals surface area contributed by atoms with Crippen LogP contribution in [0.4, 0.5) is 0 Å². The molecule has 0 aliphatic heterocycles. The lowest BCUT2D eigenvalue weighted by molar-refractivity contribution is 0.0686. The van der Waals surface area contributed by atoms with Crippen LogP contribution < -0.4 is 0 Å². The molecule has 0 spiro atoms. The molecule has 0 heterocycles. The van der Waals surface area contributed by atoms with Crippen molar-refractivity contribution in [2.24, 2.45) is 0 Å². The lowest BCUT2D eigenvalue weighted by Gasteiger charge is -1.91. The predicted octanol–water partition coefficient (Wildman–Crippen LogP) is 4.69. The number of hydrogen-bond acceptors (Lipinski definition) is 5. The van der Waals surface area contributed by atoms with Gasteiger partial charge in [0.2, 0.25) is 0 Å². The smallest absolute Gasteiger partial charge is 0.335 e. The summed E-state index contributed by atoms with van der Waals surface area (Å²) >= 11 is -0.941. The van der Waals surface area contributed by atoms with Crippen LogP contribution in [0.2, 0.25) is 0 Å². The average molecular weight is 514 g/mol. The highest BCUT2D eigenvalue weighted by Gasteiger charge is 2.00. The van der Waals surface area contributed by atoms with Crippen molar-refractivity contribution in [3.05, 3.63) is 105 Å². The Kier molecular flexibility index (Phi) is 10.7. The summed E-state index contributed by atoms with van der Waals surface area (Å²) in [6.45, 7) is 0. The van der Waals surface area contributed by atoms with E-state index in [1.165, 1.54) is 48.5 Å². The molecule has 0 unspecified atom stereocenters. The van der Waals surface area contributed by atoms with Crippen molar-refractivity contribution < 1.29 is 22.9 Å². The third-order valence-corrected chi connectivity index (χ3v) is 4.57. The van der Waals surface area contributed by atoms with E-state index in [9.17, 15) is 12.7 Å². The van der Waals surface area contributed by atoms with E-state index in [0.717, 1.165) is 3.57 Å². The van der Waals surface area contributed by atoms with Crippen LogP contribution in [0.5, 0.6) is 0 Å². The first-order valence-corrected chi connectivity index (χ1v) is 10.2. The molecule has 0 aromatic heterocycles. The summed E-state index contributed by atoms with van der Waals surface area (Å²) < 4.78 is 11.2. The quantitative estimate of drug-likeness (QED) is 0.484. The minimum Gasteiger partial charge on any atom is -0.478 e. The first-order chi connectivity index (χ1) is 14.4. The molecule has 30 heavy (non-hydrogen) atoms.